The van der Waals surface area contributed by atoms with Gasteiger partial charge < -0.3 is 19.4 Å². The molecule has 33 heavy (non-hydrogen) atoms. The normalized spacial score (nSPS) is 19.2. The zero-order chi connectivity index (χ0) is 22.7. The lowest BCUT2D eigenvalue weighted by Crippen LogP contribution is -2.41. The van der Waals surface area contributed by atoms with Crippen molar-refractivity contribution in [2.75, 3.05) is 6.54 Å². The first-order valence-electron chi connectivity index (χ1n) is 10.7. The third-order valence-electron chi connectivity index (χ3n) is 6.26. The Morgan fingerprint density at radius 3 is 2.82 bits per heavy atom. The van der Waals surface area contributed by atoms with Crippen molar-refractivity contribution in [1.29, 1.82) is 0 Å². The van der Waals surface area contributed by atoms with E-state index in [2.05, 4.69) is 15.0 Å². The van der Waals surface area contributed by atoms with E-state index in [1.54, 1.807) is 6.33 Å². The van der Waals surface area contributed by atoms with E-state index >= 15 is 0 Å². The summed E-state index contributed by atoms with van der Waals surface area (Å²) in [4.78, 5) is 31.0. The Bertz CT molecular complexity index is 1380. The molecule has 1 aromatic carbocycles. The third kappa shape index (κ3) is 3.20. The molecule has 0 spiro atoms. The van der Waals surface area contributed by atoms with Crippen molar-refractivity contribution in [3.63, 3.8) is 0 Å². The highest BCUT2D eigenvalue weighted by Gasteiger charge is 2.49. The predicted octanol–water partition coefficient (Wildman–Crippen LogP) is 3.65. The summed E-state index contributed by atoms with van der Waals surface area (Å²) in [6.07, 6.45) is -0.291. The van der Waals surface area contributed by atoms with Crippen LogP contribution in [0, 0.1) is 0 Å². The number of nitrogens with one attached hydrogen (secondary N) is 1. The number of alkyl halides is 2. The van der Waals surface area contributed by atoms with Crippen molar-refractivity contribution >= 4 is 16.8 Å². The largest absolute Gasteiger partial charge is 0.432 e. The number of aliphatic hydroxyl groups is 1. The number of aromatic nitrogens is 4. The summed E-state index contributed by atoms with van der Waals surface area (Å²) in [6.45, 7) is 0.246. The van der Waals surface area contributed by atoms with Gasteiger partial charge in [-0.05, 0) is 25.0 Å². The minimum atomic E-state index is -3.02. The van der Waals surface area contributed by atoms with E-state index in [1.807, 2.05) is 36.4 Å². The molecule has 1 fully saturated rings. The number of nitrogens with zero attached hydrogens (tertiary/aromatic N) is 4. The minimum absolute atomic E-state index is 0.237. The molecule has 4 heterocycles. The van der Waals surface area contributed by atoms with Crippen molar-refractivity contribution in [3.05, 3.63) is 77.2 Å². The number of para-hydroxylation sites is 1. The number of oxazole rings is 1. The highest BCUT2D eigenvalue weighted by molar-refractivity contribution is 5.93. The fraction of sp³-hybridized carbons (Fsp3) is 0.304. The average Bonchev–Trinajstić information content (AvgIpc) is 3.23. The van der Waals surface area contributed by atoms with E-state index in [0.717, 1.165) is 16.6 Å². The molecular weight excluding hydrogens is 432 g/mol. The van der Waals surface area contributed by atoms with Gasteiger partial charge in [0.2, 0.25) is 11.7 Å². The number of halogens is 2. The van der Waals surface area contributed by atoms with Crippen LogP contribution in [0.15, 0.2) is 47.1 Å². The van der Waals surface area contributed by atoms with Crippen LogP contribution in [0.2, 0.25) is 0 Å². The predicted molar refractivity (Wildman–Crippen MR) is 112 cm³/mol. The molecule has 3 aromatic heterocycles. The van der Waals surface area contributed by atoms with Crippen LogP contribution < -0.4 is 0 Å². The van der Waals surface area contributed by atoms with Crippen LogP contribution in [0.25, 0.3) is 10.9 Å². The van der Waals surface area contributed by atoms with Crippen LogP contribution in [0.1, 0.15) is 64.5 Å². The summed E-state index contributed by atoms with van der Waals surface area (Å²) >= 11 is 0. The van der Waals surface area contributed by atoms with Gasteiger partial charge >= 0.3 is 0 Å². The van der Waals surface area contributed by atoms with Gasteiger partial charge in [-0.3, -0.25) is 9.78 Å². The minimum Gasteiger partial charge on any atom is -0.432 e. The monoisotopic (exact) mass is 451 g/mol. The summed E-state index contributed by atoms with van der Waals surface area (Å²) < 4.78 is 33.0. The zero-order valence-corrected chi connectivity index (χ0v) is 17.3. The highest BCUT2D eigenvalue weighted by atomic mass is 19.3. The number of hydrogen-bond acceptors (Lipinski definition) is 6. The number of aromatic amines is 1. The van der Waals surface area contributed by atoms with Crippen molar-refractivity contribution in [1.82, 2.24) is 24.8 Å². The van der Waals surface area contributed by atoms with E-state index in [-0.39, 0.29) is 12.4 Å². The van der Waals surface area contributed by atoms with E-state index < -0.39 is 35.4 Å². The van der Waals surface area contributed by atoms with Crippen molar-refractivity contribution in [3.8, 4) is 0 Å². The molecule has 1 saturated carbocycles. The summed E-state index contributed by atoms with van der Waals surface area (Å²) in [5.74, 6) is -1.52. The molecule has 6 rings (SSSR count). The SMILES string of the molecule is O=C(c1oc(C2(O)CC2)nc1C(F)F)N1CCc2[nH]cnc2[C@H]1c1ccc2ccccc2n1. The summed E-state index contributed by atoms with van der Waals surface area (Å²) in [5, 5.41) is 11.2. The molecule has 0 unspecified atom stereocenters. The van der Waals surface area contributed by atoms with E-state index in [1.165, 1.54) is 4.90 Å². The number of amides is 1. The number of hydrogen-bond donors (Lipinski definition) is 2. The molecule has 2 N–H and O–H groups in total. The zero-order valence-electron chi connectivity index (χ0n) is 17.3. The molecule has 8 nitrogen and oxygen atoms in total. The molecule has 1 aliphatic heterocycles. The number of benzene rings is 1. The van der Waals surface area contributed by atoms with Crippen LogP contribution in [-0.2, 0) is 12.0 Å². The summed E-state index contributed by atoms with van der Waals surface area (Å²) in [5.41, 5.74) is 0.646. The smallest absolute Gasteiger partial charge is 0.292 e. The molecule has 0 radical (unpaired) electrons. The van der Waals surface area contributed by atoms with Gasteiger partial charge in [-0.1, -0.05) is 24.3 Å². The highest BCUT2D eigenvalue weighted by Crippen LogP contribution is 2.46. The van der Waals surface area contributed by atoms with Gasteiger partial charge in [0, 0.05) is 24.0 Å². The maximum absolute atomic E-state index is 13.8. The van der Waals surface area contributed by atoms with E-state index in [9.17, 15) is 18.7 Å². The van der Waals surface area contributed by atoms with Crippen LogP contribution in [0.5, 0.6) is 0 Å². The first-order chi connectivity index (χ1) is 15.9. The number of fused-ring (bicyclic) bond motifs is 2. The van der Waals surface area contributed by atoms with Crippen LogP contribution in [0.4, 0.5) is 8.78 Å². The van der Waals surface area contributed by atoms with Crippen molar-refractivity contribution in [2.24, 2.45) is 0 Å². The fourth-order valence-corrected chi connectivity index (χ4v) is 4.32. The van der Waals surface area contributed by atoms with Crippen LogP contribution in [-0.4, -0.2) is 42.4 Å². The van der Waals surface area contributed by atoms with Gasteiger partial charge in [0.25, 0.3) is 12.3 Å². The Morgan fingerprint density at radius 2 is 2.03 bits per heavy atom. The molecule has 1 amide bonds. The lowest BCUT2D eigenvalue weighted by molar-refractivity contribution is 0.0624. The topological polar surface area (TPSA) is 108 Å². The van der Waals surface area contributed by atoms with Gasteiger partial charge in [-0.15, -0.1) is 0 Å². The van der Waals surface area contributed by atoms with Gasteiger partial charge in [-0.25, -0.2) is 18.7 Å². The van der Waals surface area contributed by atoms with E-state index in [0.29, 0.717) is 30.7 Å². The average molecular weight is 451 g/mol. The molecule has 1 aliphatic carbocycles. The molecule has 168 valence electrons. The molecule has 4 aromatic rings. The molecule has 10 heteroatoms. The Labute approximate surface area is 186 Å². The number of H-pyrrole nitrogens is 1. The Balaban J connectivity index is 1.45. The second kappa shape index (κ2) is 7.17. The molecule has 0 saturated heterocycles. The second-order valence-electron chi connectivity index (χ2n) is 8.41. The fourth-order valence-electron chi connectivity index (χ4n) is 4.32. The lowest BCUT2D eigenvalue weighted by Gasteiger charge is -2.34. The van der Waals surface area contributed by atoms with Crippen LogP contribution in [0.3, 0.4) is 0 Å². The van der Waals surface area contributed by atoms with Crippen molar-refractivity contribution in [2.45, 2.75) is 37.3 Å². The standard InChI is InChI=1S/C23H19F2N5O3/c24-20(25)17-19(33-22(29-17)23(32)8-9-23)21(31)30-10-7-14-16(27-11-26-14)18(30)15-6-5-12-3-1-2-4-13(12)28-15/h1-6,11,18,20,32H,7-10H2,(H,26,27)/t18-/m1/s1. The maximum atomic E-state index is 13.8. The van der Waals surface area contributed by atoms with Gasteiger partial charge in [-0.2, -0.15) is 0 Å². The number of pyridine rings is 1. The summed E-state index contributed by atoms with van der Waals surface area (Å²) in [6, 6.07) is 10.6. The maximum Gasteiger partial charge on any atom is 0.292 e. The first-order valence-corrected chi connectivity index (χ1v) is 10.7. The first kappa shape index (κ1) is 20.0. The summed E-state index contributed by atoms with van der Waals surface area (Å²) in [7, 11) is 0. The molecule has 2 aliphatic rings. The lowest BCUT2D eigenvalue weighted by atomic mass is 9.98. The number of rotatable bonds is 4. The molecular formula is C23H19F2N5O3. The van der Waals surface area contributed by atoms with Gasteiger partial charge in [0.1, 0.15) is 11.6 Å². The molecule has 0 bridgehead atoms. The van der Waals surface area contributed by atoms with E-state index in [4.69, 9.17) is 9.40 Å². The second-order valence-corrected chi connectivity index (χ2v) is 8.41. The number of carbonyl (C=O) groups is 1. The van der Waals surface area contributed by atoms with Crippen LogP contribution >= 0.6 is 0 Å². The quantitative estimate of drug-likeness (QED) is 0.490. The Kier molecular flexibility index (Phi) is 4.34. The Hall–Kier alpha value is -3.66. The Morgan fingerprint density at radius 1 is 1.21 bits per heavy atom. The van der Waals surface area contributed by atoms with Gasteiger partial charge in [0.05, 0.1) is 23.2 Å². The van der Waals surface area contributed by atoms with Gasteiger partial charge in [0.15, 0.2) is 5.69 Å². The van der Waals surface area contributed by atoms with Crippen molar-refractivity contribution < 1.29 is 23.1 Å². The number of carbonyl (C=O) groups excluding carboxylic acids is 1. The molecule has 1 atom stereocenters. The number of imidazole rings is 1. The third-order valence-corrected chi connectivity index (χ3v) is 6.26.